The first-order chi connectivity index (χ1) is 6.75. The molecule has 1 fully saturated rings. The number of aromatic nitrogens is 3. The van der Waals surface area contributed by atoms with Gasteiger partial charge in [-0.25, -0.2) is 0 Å². The van der Waals surface area contributed by atoms with Gasteiger partial charge in [-0.1, -0.05) is 0 Å². The highest BCUT2D eigenvalue weighted by Crippen LogP contribution is 2.35. The van der Waals surface area contributed by atoms with Crippen molar-refractivity contribution in [3.8, 4) is 0 Å². The summed E-state index contributed by atoms with van der Waals surface area (Å²) in [6.07, 6.45) is 6.66. The van der Waals surface area contributed by atoms with Crippen LogP contribution in [0.25, 0.3) is 0 Å². The summed E-state index contributed by atoms with van der Waals surface area (Å²) in [6.45, 7) is 0. The van der Waals surface area contributed by atoms with Gasteiger partial charge in [0.2, 0.25) is 0 Å². The lowest BCUT2D eigenvalue weighted by Gasteiger charge is -2.10. The fourth-order valence-electron chi connectivity index (χ4n) is 2.15. The summed E-state index contributed by atoms with van der Waals surface area (Å²) in [5.41, 5.74) is 0. The minimum atomic E-state index is -0.695. The summed E-state index contributed by atoms with van der Waals surface area (Å²) in [6, 6.07) is 0.398. The Bertz CT molecular complexity index is 310. The van der Waals surface area contributed by atoms with Crippen LogP contribution in [-0.2, 0) is 4.79 Å². The molecule has 1 aromatic rings. The Morgan fingerprint density at radius 1 is 1.43 bits per heavy atom. The van der Waals surface area contributed by atoms with Crippen LogP contribution in [-0.4, -0.2) is 25.8 Å². The van der Waals surface area contributed by atoms with Gasteiger partial charge in [-0.2, -0.15) is 0 Å². The second-order valence-corrected chi connectivity index (χ2v) is 3.84. The molecular formula is C9H13N3O2. The van der Waals surface area contributed by atoms with Crippen LogP contribution < -0.4 is 0 Å². The van der Waals surface area contributed by atoms with Gasteiger partial charge in [0.15, 0.2) is 0 Å². The van der Waals surface area contributed by atoms with E-state index in [0.29, 0.717) is 18.4 Å². The highest BCUT2D eigenvalue weighted by atomic mass is 16.4. The van der Waals surface area contributed by atoms with Crippen molar-refractivity contribution in [2.75, 3.05) is 0 Å². The van der Waals surface area contributed by atoms with E-state index in [1.54, 1.807) is 12.7 Å². The smallest absolute Gasteiger partial charge is 0.303 e. The Balaban J connectivity index is 1.92. The predicted octanol–water partition coefficient (Wildman–Crippen LogP) is 1.09. The van der Waals surface area contributed by atoms with Crippen molar-refractivity contribution in [1.82, 2.24) is 14.8 Å². The zero-order chi connectivity index (χ0) is 9.97. The first-order valence-corrected chi connectivity index (χ1v) is 4.81. The van der Waals surface area contributed by atoms with Crippen LogP contribution in [0.2, 0.25) is 0 Å². The second kappa shape index (κ2) is 3.77. The number of aliphatic carboxylic acids is 1. The molecule has 0 spiro atoms. The molecule has 14 heavy (non-hydrogen) atoms. The van der Waals surface area contributed by atoms with Gasteiger partial charge in [0.05, 0.1) is 0 Å². The molecule has 0 saturated heterocycles. The fourth-order valence-corrected chi connectivity index (χ4v) is 2.15. The monoisotopic (exact) mass is 195 g/mol. The normalized spacial score (nSPS) is 26.6. The van der Waals surface area contributed by atoms with Crippen LogP contribution in [0.3, 0.4) is 0 Å². The molecule has 0 aliphatic heterocycles. The molecule has 5 nitrogen and oxygen atoms in total. The van der Waals surface area contributed by atoms with E-state index in [4.69, 9.17) is 5.11 Å². The van der Waals surface area contributed by atoms with E-state index >= 15 is 0 Å². The molecule has 1 aliphatic rings. The molecule has 5 heteroatoms. The lowest BCUT2D eigenvalue weighted by molar-refractivity contribution is -0.138. The summed E-state index contributed by atoms with van der Waals surface area (Å²) in [7, 11) is 0. The van der Waals surface area contributed by atoms with Crippen molar-refractivity contribution in [3.05, 3.63) is 12.7 Å². The van der Waals surface area contributed by atoms with E-state index < -0.39 is 5.97 Å². The second-order valence-electron chi connectivity index (χ2n) is 3.84. The SMILES string of the molecule is O=C(O)CC1CCC(n2cnnc2)C1. The Labute approximate surface area is 81.8 Å². The lowest BCUT2D eigenvalue weighted by Crippen LogP contribution is -2.06. The molecule has 0 bridgehead atoms. The minimum absolute atomic E-state index is 0.290. The number of hydrogen-bond donors (Lipinski definition) is 1. The number of hydrogen-bond acceptors (Lipinski definition) is 3. The standard InChI is InChI=1S/C9H13N3O2/c13-9(14)4-7-1-2-8(3-7)12-5-10-11-6-12/h5-8H,1-4H2,(H,13,14). The van der Waals surface area contributed by atoms with Crippen molar-refractivity contribution in [1.29, 1.82) is 0 Å². The number of rotatable bonds is 3. The van der Waals surface area contributed by atoms with Crippen LogP contribution in [0.1, 0.15) is 31.7 Å². The van der Waals surface area contributed by atoms with Gasteiger partial charge < -0.3 is 9.67 Å². The van der Waals surface area contributed by atoms with E-state index in [1.807, 2.05) is 4.57 Å². The third kappa shape index (κ3) is 1.92. The maximum absolute atomic E-state index is 10.5. The van der Waals surface area contributed by atoms with E-state index in [9.17, 15) is 4.79 Å². The largest absolute Gasteiger partial charge is 0.481 e. The first-order valence-electron chi connectivity index (χ1n) is 4.81. The van der Waals surface area contributed by atoms with E-state index in [-0.39, 0.29) is 0 Å². The number of carboxylic acid groups (broad SMARTS) is 1. The molecule has 2 rings (SSSR count). The topological polar surface area (TPSA) is 68.0 Å². The van der Waals surface area contributed by atoms with Crippen molar-refractivity contribution in [2.24, 2.45) is 5.92 Å². The van der Waals surface area contributed by atoms with Gasteiger partial charge in [0, 0.05) is 12.5 Å². The molecule has 76 valence electrons. The van der Waals surface area contributed by atoms with Gasteiger partial charge in [-0.05, 0) is 25.2 Å². The van der Waals surface area contributed by atoms with Crippen molar-refractivity contribution in [3.63, 3.8) is 0 Å². The van der Waals surface area contributed by atoms with Crippen molar-refractivity contribution in [2.45, 2.75) is 31.7 Å². The van der Waals surface area contributed by atoms with Crippen LogP contribution in [0.15, 0.2) is 12.7 Å². The van der Waals surface area contributed by atoms with Crippen LogP contribution in [0, 0.1) is 5.92 Å². The molecule has 0 aromatic carbocycles. The van der Waals surface area contributed by atoms with E-state index in [2.05, 4.69) is 10.2 Å². The predicted molar refractivity (Wildman–Crippen MR) is 48.7 cm³/mol. The Morgan fingerprint density at radius 2 is 2.14 bits per heavy atom. The van der Waals surface area contributed by atoms with Gasteiger partial charge in [0.25, 0.3) is 0 Å². The highest BCUT2D eigenvalue weighted by Gasteiger charge is 2.27. The molecule has 0 amide bonds. The molecule has 1 saturated carbocycles. The van der Waals surface area contributed by atoms with Gasteiger partial charge in [0.1, 0.15) is 12.7 Å². The third-order valence-electron chi connectivity index (χ3n) is 2.84. The summed E-state index contributed by atoms with van der Waals surface area (Å²) >= 11 is 0. The Hall–Kier alpha value is -1.39. The highest BCUT2D eigenvalue weighted by molar-refractivity contribution is 5.67. The number of carbonyl (C=O) groups is 1. The van der Waals surface area contributed by atoms with E-state index in [0.717, 1.165) is 19.3 Å². The molecule has 2 unspecified atom stereocenters. The average Bonchev–Trinajstić information content (AvgIpc) is 2.69. The third-order valence-corrected chi connectivity index (χ3v) is 2.84. The summed E-state index contributed by atoms with van der Waals surface area (Å²) in [5, 5.41) is 16.2. The van der Waals surface area contributed by atoms with Crippen molar-refractivity contribution >= 4 is 5.97 Å². The number of nitrogens with zero attached hydrogens (tertiary/aromatic N) is 3. The van der Waals surface area contributed by atoms with Gasteiger partial charge in [-0.3, -0.25) is 4.79 Å². The fraction of sp³-hybridized carbons (Fsp3) is 0.667. The first kappa shape index (κ1) is 9.18. The maximum atomic E-state index is 10.5. The van der Waals surface area contributed by atoms with E-state index in [1.165, 1.54) is 0 Å². The molecule has 1 aromatic heterocycles. The molecule has 2 atom stereocenters. The van der Waals surface area contributed by atoms with Crippen molar-refractivity contribution < 1.29 is 9.90 Å². The quantitative estimate of drug-likeness (QED) is 0.784. The number of carboxylic acids is 1. The van der Waals surface area contributed by atoms with Crippen LogP contribution >= 0.6 is 0 Å². The average molecular weight is 195 g/mol. The summed E-state index contributed by atoms with van der Waals surface area (Å²) < 4.78 is 1.97. The molecular weight excluding hydrogens is 182 g/mol. The molecule has 1 heterocycles. The zero-order valence-electron chi connectivity index (χ0n) is 7.83. The van der Waals surface area contributed by atoms with Gasteiger partial charge in [-0.15, -0.1) is 10.2 Å². The van der Waals surface area contributed by atoms with Crippen LogP contribution in [0.4, 0.5) is 0 Å². The minimum Gasteiger partial charge on any atom is -0.481 e. The molecule has 1 aliphatic carbocycles. The van der Waals surface area contributed by atoms with Gasteiger partial charge >= 0.3 is 5.97 Å². The Morgan fingerprint density at radius 3 is 2.79 bits per heavy atom. The molecule has 1 N–H and O–H groups in total. The summed E-state index contributed by atoms with van der Waals surface area (Å²) in [4.78, 5) is 10.5. The molecule has 0 radical (unpaired) electrons. The maximum Gasteiger partial charge on any atom is 0.303 e. The summed E-state index contributed by atoms with van der Waals surface area (Å²) in [5.74, 6) is -0.376. The lowest BCUT2D eigenvalue weighted by atomic mass is 10.0. The van der Waals surface area contributed by atoms with Crippen LogP contribution in [0.5, 0.6) is 0 Å². The Kier molecular flexibility index (Phi) is 2.47. The zero-order valence-corrected chi connectivity index (χ0v) is 7.83.